The summed E-state index contributed by atoms with van der Waals surface area (Å²) in [5, 5.41) is 0. The SMILES string of the molecule is CCCCCCCC/C=C/C1CCC(C2CCCCC2)CC1. The molecule has 0 bridgehead atoms. The lowest BCUT2D eigenvalue weighted by Gasteiger charge is -2.35. The summed E-state index contributed by atoms with van der Waals surface area (Å²) in [6, 6.07) is 0. The van der Waals surface area contributed by atoms with Crippen LogP contribution < -0.4 is 0 Å². The highest BCUT2D eigenvalue weighted by atomic mass is 14.3. The first-order valence-electron chi connectivity index (χ1n) is 10.6. The van der Waals surface area contributed by atoms with Crippen LogP contribution in [-0.4, -0.2) is 0 Å². The molecule has 2 aliphatic rings. The van der Waals surface area contributed by atoms with Crippen molar-refractivity contribution >= 4 is 0 Å². The zero-order valence-electron chi connectivity index (χ0n) is 15.2. The number of hydrogen-bond donors (Lipinski definition) is 0. The summed E-state index contributed by atoms with van der Waals surface area (Å²) in [4.78, 5) is 0. The fourth-order valence-electron chi connectivity index (χ4n) is 4.75. The average molecular weight is 305 g/mol. The van der Waals surface area contributed by atoms with Gasteiger partial charge in [-0.05, 0) is 56.3 Å². The minimum absolute atomic E-state index is 0.917. The smallest absolute Gasteiger partial charge is 0.0233 e. The van der Waals surface area contributed by atoms with Gasteiger partial charge in [-0.15, -0.1) is 0 Å². The number of allylic oxidation sites excluding steroid dienone is 2. The first kappa shape index (κ1) is 18.1. The van der Waals surface area contributed by atoms with Gasteiger partial charge in [-0.2, -0.15) is 0 Å². The predicted molar refractivity (Wildman–Crippen MR) is 99.2 cm³/mol. The quantitative estimate of drug-likeness (QED) is 0.302. The lowest BCUT2D eigenvalue weighted by molar-refractivity contribution is 0.180. The van der Waals surface area contributed by atoms with Gasteiger partial charge in [0.15, 0.2) is 0 Å². The van der Waals surface area contributed by atoms with Gasteiger partial charge in [0.05, 0.1) is 0 Å². The summed E-state index contributed by atoms with van der Waals surface area (Å²) in [6.45, 7) is 2.30. The molecule has 0 unspecified atom stereocenters. The zero-order chi connectivity index (χ0) is 15.5. The molecule has 0 radical (unpaired) electrons. The first-order chi connectivity index (χ1) is 10.9. The van der Waals surface area contributed by atoms with E-state index in [4.69, 9.17) is 0 Å². The predicted octanol–water partition coefficient (Wildman–Crippen LogP) is 7.68. The van der Waals surface area contributed by atoms with E-state index in [-0.39, 0.29) is 0 Å². The highest BCUT2D eigenvalue weighted by Gasteiger charge is 2.27. The summed E-state index contributed by atoms with van der Waals surface area (Å²) in [7, 11) is 0. The molecule has 0 atom stereocenters. The van der Waals surface area contributed by atoms with E-state index in [0.717, 1.165) is 17.8 Å². The molecule has 0 spiro atoms. The Morgan fingerprint density at radius 2 is 1.32 bits per heavy atom. The fraction of sp³-hybridized carbons (Fsp3) is 0.909. The summed E-state index contributed by atoms with van der Waals surface area (Å²) in [6.07, 6.45) is 28.6. The van der Waals surface area contributed by atoms with Crippen molar-refractivity contribution in [2.75, 3.05) is 0 Å². The third-order valence-corrected chi connectivity index (χ3v) is 6.27. The molecule has 0 amide bonds. The summed E-state index contributed by atoms with van der Waals surface area (Å²) in [5.41, 5.74) is 0. The Labute approximate surface area is 140 Å². The highest BCUT2D eigenvalue weighted by Crippen LogP contribution is 2.40. The van der Waals surface area contributed by atoms with Crippen LogP contribution in [0, 0.1) is 17.8 Å². The standard InChI is InChI=1S/C22H40/c1-2-3-4-5-6-7-8-10-13-20-16-18-22(19-17-20)21-14-11-9-12-15-21/h10,13,20-22H,2-9,11-12,14-19H2,1H3/b13-10+. The molecule has 0 heteroatoms. The first-order valence-corrected chi connectivity index (χ1v) is 10.6. The Bertz CT molecular complexity index is 276. The molecule has 0 aromatic heterocycles. The van der Waals surface area contributed by atoms with E-state index in [1.165, 1.54) is 89.9 Å². The minimum atomic E-state index is 0.917. The molecule has 128 valence electrons. The van der Waals surface area contributed by atoms with Crippen molar-refractivity contribution in [1.82, 2.24) is 0 Å². The topological polar surface area (TPSA) is 0 Å². The van der Waals surface area contributed by atoms with Crippen LogP contribution >= 0.6 is 0 Å². The lowest BCUT2D eigenvalue weighted by atomic mass is 9.71. The molecule has 22 heavy (non-hydrogen) atoms. The van der Waals surface area contributed by atoms with Crippen LogP contribution in [0.2, 0.25) is 0 Å². The van der Waals surface area contributed by atoms with Crippen molar-refractivity contribution in [3.05, 3.63) is 12.2 Å². The van der Waals surface area contributed by atoms with Crippen LogP contribution in [0.4, 0.5) is 0 Å². The Balaban J connectivity index is 1.50. The molecule has 2 saturated carbocycles. The van der Waals surface area contributed by atoms with Gasteiger partial charge in [0, 0.05) is 0 Å². The lowest BCUT2D eigenvalue weighted by Crippen LogP contribution is -2.23. The third-order valence-electron chi connectivity index (χ3n) is 6.27. The molecular formula is C22H40. The van der Waals surface area contributed by atoms with Gasteiger partial charge in [0.2, 0.25) is 0 Å². The van der Waals surface area contributed by atoms with Crippen molar-refractivity contribution in [1.29, 1.82) is 0 Å². The highest BCUT2D eigenvalue weighted by molar-refractivity contribution is 4.92. The number of unbranched alkanes of at least 4 members (excludes halogenated alkanes) is 6. The molecule has 0 aromatic carbocycles. The van der Waals surface area contributed by atoms with E-state index in [1.54, 1.807) is 12.8 Å². The monoisotopic (exact) mass is 304 g/mol. The summed E-state index contributed by atoms with van der Waals surface area (Å²) in [5.74, 6) is 3.10. The normalized spacial score (nSPS) is 27.5. The molecule has 0 N–H and O–H groups in total. The van der Waals surface area contributed by atoms with Gasteiger partial charge in [-0.3, -0.25) is 0 Å². The Hall–Kier alpha value is -0.260. The van der Waals surface area contributed by atoms with Crippen LogP contribution in [0.5, 0.6) is 0 Å². The summed E-state index contributed by atoms with van der Waals surface area (Å²) < 4.78 is 0. The Morgan fingerprint density at radius 1 is 0.682 bits per heavy atom. The van der Waals surface area contributed by atoms with Gasteiger partial charge in [-0.25, -0.2) is 0 Å². The van der Waals surface area contributed by atoms with E-state index in [2.05, 4.69) is 19.1 Å². The maximum absolute atomic E-state index is 2.57. The second kappa shape index (κ2) is 11.3. The number of rotatable bonds is 9. The zero-order valence-corrected chi connectivity index (χ0v) is 15.2. The van der Waals surface area contributed by atoms with Crippen molar-refractivity contribution in [3.8, 4) is 0 Å². The van der Waals surface area contributed by atoms with Crippen LogP contribution in [0.15, 0.2) is 12.2 Å². The molecule has 2 fully saturated rings. The third kappa shape index (κ3) is 6.88. The summed E-state index contributed by atoms with van der Waals surface area (Å²) >= 11 is 0. The maximum Gasteiger partial charge on any atom is -0.0233 e. The van der Waals surface area contributed by atoms with Gasteiger partial charge < -0.3 is 0 Å². The Morgan fingerprint density at radius 3 is 2.05 bits per heavy atom. The van der Waals surface area contributed by atoms with Crippen LogP contribution in [0.25, 0.3) is 0 Å². The minimum Gasteiger partial charge on any atom is -0.0883 e. The van der Waals surface area contributed by atoms with Crippen molar-refractivity contribution < 1.29 is 0 Å². The van der Waals surface area contributed by atoms with Crippen LogP contribution in [0.3, 0.4) is 0 Å². The van der Waals surface area contributed by atoms with E-state index in [9.17, 15) is 0 Å². The second-order valence-corrected chi connectivity index (χ2v) is 8.06. The molecule has 0 saturated heterocycles. The fourth-order valence-corrected chi connectivity index (χ4v) is 4.75. The molecular weight excluding hydrogens is 264 g/mol. The average Bonchev–Trinajstić information content (AvgIpc) is 2.59. The van der Waals surface area contributed by atoms with E-state index in [0.29, 0.717) is 0 Å². The molecule has 0 aliphatic heterocycles. The molecule has 0 heterocycles. The van der Waals surface area contributed by atoms with Gasteiger partial charge >= 0.3 is 0 Å². The van der Waals surface area contributed by atoms with E-state index < -0.39 is 0 Å². The largest absolute Gasteiger partial charge is 0.0883 e. The molecule has 0 aromatic rings. The van der Waals surface area contributed by atoms with Crippen molar-refractivity contribution in [3.63, 3.8) is 0 Å². The van der Waals surface area contributed by atoms with Crippen molar-refractivity contribution in [2.24, 2.45) is 17.8 Å². The maximum atomic E-state index is 2.57. The molecule has 2 aliphatic carbocycles. The van der Waals surface area contributed by atoms with Crippen LogP contribution in [-0.2, 0) is 0 Å². The van der Waals surface area contributed by atoms with E-state index in [1.807, 2.05) is 0 Å². The van der Waals surface area contributed by atoms with Gasteiger partial charge in [0.25, 0.3) is 0 Å². The molecule has 2 rings (SSSR count). The number of hydrogen-bond acceptors (Lipinski definition) is 0. The van der Waals surface area contributed by atoms with E-state index >= 15 is 0 Å². The van der Waals surface area contributed by atoms with Crippen molar-refractivity contribution in [2.45, 2.75) is 110 Å². The van der Waals surface area contributed by atoms with Gasteiger partial charge in [0.1, 0.15) is 0 Å². The second-order valence-electron chi connectivity index (χ2n) is 8.06. The van der Waals surface area contributed by atoms with Crippen LogP contribution in [0.1, 0.15) is 110 Å². The molecule has 0 nitrogen and oxygen atoms in total. The van der Waals surface area contributed by atoms with Gasteiger partial charge in [-0.1, -0.05) is 83.3 Å². The Kier molecular flexibility index (Phi) is 9.29.